The van der Waals surface area contributed by atoms with Gasteiger partial charge < -0.3 is 15.6 Å². The number of hydrogen-bond acceptors (Lipinski definition) is 2. The first-order valence-electron chi connectivity index (χ1n) is 3.99. The van der Waals surface area contributed by atoms with Crippen molar-refractivity contribution >= 4 is 5.82 Å². The van der Waals surface area contributed by atoms with Crippen molar-refractivity contribution in [1.82, 2.24) is 10.3 Å². The van der Waals surface area contributed by atoms with Crippen LogP contribution in [0.3, 0.4) is 0 Å². The number of H-pyrrole nitrogens is 1. The molecular formula is C8H13N3. The zero-order valence-corrected chi connectivity index (χ0v) is 6.70. The Balaban J connectivity index is 2.32. The Hall–Kier alpha value is -0.960. The number of aromatic nitrogens is 1. The quantitative estimate of drug-likeness (QED) is 0.553. The number of hydrogen-bond donors (Lipinski definition) is 3. The average Bonchev–Trinajstić information content (AvgIpc) is 2.46. The molecule has 0 saturated heterocycles. The van der Waals surface area contributed by atoms with Gasteiger partial charge in [0.25, 0.3) is 0 Å². The fraction of sp³-hybridized carbons (Fsp3) is 0.500. The van der Waals surface area contributed by atoms with Gasteiger partial charge in [-0.05, 0) is 11.6 Å². The van der Waals surface area contributed by atoms with E-state index in [2.05, 4.69) is 21.7 Å². The van der Waals surface area contributed by atoms with Crippen molar-refractivity contribution in [2.75, 3.05) is 18.9 Å². The summed E-state index contributed by atoms with van der Waals surface area (Å²) in [5, 5.41) is 6.43. The van der Waals surface area contributed by atoms with Gasteiger partial charge in [-0.1, -0.05) is 0 Å². The molecular weight excluding hydrogens is 138 g/mol. The van der Waals surface area contributed by atoms with Gasteiger partial charge in [0.15, 0.2) is 0 Å². The van der Waals surface area contributed by atoms with Gasteiger partial charge in [0.2, 0.25) is 0 Å². The average molecular weight is 151 g/mol. The van der Waals surface area contributed by atoms with Gasteiger partial charge in [-0.15, -0.1) is 0 Å². The lowest BCUT2D eigenvalue weighted by Crippen LogP contribution is -2.22. The predicted octanol–water partition coefficient (Wildman–Crippen LogP) is 0.702. The summed E-state index contributed by atoms with van der Waals surface area (Å²) in [4.78, 5) is 3.33. The van der Waals surface area contributed by atoms with Crippen molar-refractivity contribution in [3.63, 3.8) is 0 Å². The Morgan fingerprint density at radius 1 is 1.55 bits per heavy atom. The van der Waals surface area contributed by atoms with E-state index in [0.29, 0.717) is 0 Å². The zero-order chi connectivity index (χ0) is 7.68. The van der Waals surface area contributed by atoms with Gasteiger partial charge >= 0.3 is 0 Å². The number of fused-ring (bicyclic) bond motifs is 1. The van der Waals surface area contributed by atoms with Gasteiger partial charge in [-0.2, -0.15) is 0 Å². The minimum atomic E-state index is 1.01. The van der Waals surface area contributed by atoms with Gasteiger partial charge in [0, 0.05) is 32.3 Å². The van der Waals surface area contributed by atoms with Gasteiger partial charge in [0.05, 0.1) is 0 Å². The molecule has 0 bridgehead atoms. The maximum Gasteiger partial charge on any atom is 0.103 e. The molecule has 3 nitrogen and oxygen atoms in total. The minimum absolute atomic E-state index is 1.01. The summed E-state index contributed by atoms with van der Waals surface area (Å²) < 4.78 is 0. The van der Waals surface area contributed by atoms with Crippen molar-refractivity contribution in [3.05, 3.63) is 17.3 Å². The van der Waals surface area contributed by atoms with Crippen LogP contribution in [-0.2, 0) is 13.0 Å². The molecule has 1 aliphatic heterocycles. The van der Waals surface area contributed by atoms with Crippen LogP contribution in [-0.4, -0.2) is 18.6 Å². The van der Waals surface area contributed by atoms with E-state index in [4.69, 9.17) is 0 Å². The Bertz CT molecular complexity index is 228. The summed E-state index contributed by atoms with van der Waals surface area (Å²) >= 11 is 0. The van der Waals surface area contributed by atoms with E-state index in [0.717, 1.165) is 25.3 Å². The molecule has 0 radical (unpaired) electrons. The molecule has 3 heteroatoms. The highest BCUT2D eigenvalue weighted by atomic mass is 15.0. The van der Waals surface area contributed by atoms with Crippen molar-refractivity contribution < 1.29 is 0 Å². The van der Waals surface area contributed by atoms with E-state index in [-0.39, 0.29) is 0 Å². The van der Waals surface area contributed by atoms with Crippen LogP contribution in [0.5, 0.6) is 0 Å². The number of nitrogens with one attached hydrogen (secondary N) is 3. The summed E-state index contributed by atoms with van der Waals surface area (Å²) in [7, 11) is 1.94. The SMILES string of the molecule is CNc1cc2c([nH]1)CCNC2. The van der Waals surface area contributed by atoms with E-state index in [1.54, 1.807) is 0 Å². The largest absolute Gasteiger partial charge is 0.375 e. The van der Waals surface area contributed by atoms with Crippen LogP contribution in [0.2, 0.25) is 0 Å². The van der Waals surface area contributed by atoms with E-state index >= 15 is 0 Å². The molecule has 0 saturated carbocycles. The smallest absolute Gasteiger partial charge is 0.103 e. The summed E-state index contributed by atoms with van der Waals surface area (Å²) in [6.45, 7) is 2.10. The Labute approximate surface area is 66.2 Å². The van der Waals surface area contributed by atoms with Gasteiger partial charge in [-0.3, -0.25) is 0 Å². The monoisotopic (exact) mass is 151 g/mol. The highest BCUT2D eigenvalue weighted by molar-refractivity contribution is 5.43. The Morgan fingerprint density at radius 2 is 2.45 bits per heavy atom. The maximum absolute atomic E-state index is 3.33. The first-order chi connectivity index (χ1) is 5.40. The van der Waals surface area contributed by atoms with E-state index in [1.807, 2.05) is 7.05 Å². The predicted molar refractivity (Wildman–Crippen MR) is 45.8 cm³/mol. The summed E-state index contributed by atoms with van der Waals surface area (Å²) in [5.74, 6) is 1.12. The second-order valence-electron chi connectivity index (χ2n) is 2.86. The second kappa shape index (κ2) is 2.58. The third kappa shape index (κ3) is 1.12. The molecule has 1 aromatic heterocycles. The van der Waals surface area contributed by atoms with Gasteiger partial charge in [-0.25, -0.2) is 0 Å². The molecule has 1 aliphatic rings. The molecule has 60 valence electrons. The Morgan fingerprint density at radius 3 is 3.18 bits per heavy atom. The molecule has 0 unspecified atom stereocenters. The van der Waals surface area contributed by atoms with Crippen molar-refractivity contribution in [3.8, 4) is 0 Å². The Kier molecular flexibility index (Phi) is 1.58. The first kappa shape index (κ1) is 6.73. The van der Waals surface area contributed by atoms with Crippen molar-refractivity contribution in [2.45, 2.75) is 13.0 Å². The van der Waals surface area contributed by atoms with E-state index in [9.17, 15) is 0 Å². The third-order valence-corrected chi connectivity index (χ3v) is 2.13. The zero-order valence-electron chi connectivity index (χ0n) is 6.70. The number of rotatable bonds is 1. The van der Waals surface area contributed by atoms with Crippen LogP contribution in [0.15, 0.2) is 6.07 Å². The van der Waals surface area contributed by atoms with Crippen LogP contribution in [0, 0.1) is 0 Å². The number of anilines is 1. The maximum atomic E-state index is 3.33. The molecule has 1 aromatic rings. The molecule has 2 rings (SSSR count). The van der Waals surface area contributed by atoms with Crippen LogP contribution < -0.4 is 10.6 Å². The molecule has 3 N–H and O–H groups in total. The first-order valence-corrected chi connectivity index (χ1v) is 3.99. The lowest BCUT2D eigenvalue weighted by Gasteiger charge is -2.11. The summed E-state index contributed by atoms with van der Waals surface area (Å²) in [5.41, 5.74) is 2.79. The second-order valence-corrected chi connectivity index (χ2v) is 2.86. The fourth-order valence-corrected chi connectivity index (χ4v) is 1.49. The molecule has 0 fully saturated rings. The third-order valence-electron chi connectivity index (χ3n) is 2.13. The lowest BCUT2D eigenvalue weighted by atomic mass is 10.1. The molecule has 11 heavy (non-hydrogen) atoms. The van der Waals surface area contributed by atoms with Crippen LogP contribution in [0.1, 0.15) is 11.3 Å². The molecule has 0 spiro atoms. The van der Waals surface area contributed by atoms with Crippen LogP contribution in [0.4, 0.5) is 5.82 Å². The lowest BCUT2D eigenvalue weighted by molar-refractivity contribution is 0.638. The fourth-order valence-electron chi connectivity index (χ4n) is 1.49. The van der Waals surface area contributed by atoms with Crippen molar-refractivity contribution in [1.29, 1.82) is 0 Å². The van der Waals surface area contributed by atoms with Crippen LogP contribution >= 0.6 is 0 Å². The normalized spacial score (nSPS) is 16.1. The van der Waals surface area contributed by atoms with Crippen LogP contribution in [0.25, 0.3) is 0 Å². The highest BCUT2D eigenvalue weighted by Crippen LogP contribution is 2.17. The molecule has 2 heterocycles. The molecule has 0 amide bonds. The molecule has 0 aromatic carbocycles. The van der Waals surface area contributed by atoms with E-state index in [1.165, 1.54) is 11.3 Å². The minimum Gasteiger partial charge on any atom is -0.375 e. The topological polar surface area (TPSA) is 39.9 Å². The summed E-state index contributed by atoms with van der Waals surface area (Å²) in [6.07, 6.45) is 1.12. The van der Waals surface area contributed by atoms with Crippen molar-refractivity contribution in [2.24, 2.45) is 0 Å². The summed E-state index contributed by atoms with van der Waals surface area (Å²) in [6, 6.07) is 2.17. The standard InChI is InChI=1S/C8H13N3/c1-9-8-4-6-5-10-3-2-7(6)11-8/h4,9-11H,2-3,5H2,1H3. The van der Waals surface area contributed by atoms with E-state index < -0.39 is 0 Å². The van der Waals surface area contributed by atoms with Gasteiger partial charge in [0.1, 0.15) is 5.82 Å². The highest BCUT2D eigenvalue weighted by Gasteiger charge is 2.10. The molecule has 0 atom stereocenters. The number of aromatic amines is 1. The molecule has 0 aliphatic carbocycles.